The summed E-state index contributed by atoms with van der Waals surface area (Å²) in [7, 11) is 0. The number of rotatable bonds is 5. The summed E-state index contributed by atoms with van der Waals surface area (Å²) in [6, 6.07) is 3.40. The summed E-state index contributed by atoms with van der Waals surface area (Å²) in [5.41, 5.74) is 5.21. The molecule has 76 valence electrons. The average Bonchev–Trinajstić information content (AvgIpc) is 2.20. The highest BCUT2D eigenvalue weighted by Crippen LogP contribution is 2.01. The SMILES string of the molecule is C=CCOc1cccn(CCN)c1=O. The smallest absolute Gasteiger partial charge is 0.292 e. The summed E-state index contributed by atoms with van der Waals surface area (Å²) in [6.45, 7) is 4.78. The summed E-state index contributed by atoms with van der Waals surface area (Å²) < 4.78 is 6.71. The molecule has 0 saturated carbocycles. The number of nitrogens with two attached hydrogens (primary N) is 1. The van der Waals surface area contributed by atoms with E-state index in [1.165, 1.54) is 4.57 Å². The van der Waals surface area contributed by atoms with Crippen LogP contribution in [0, 0.1) is 0 Å². The van der Waals surface area contributed by atoms with Gasteiger partial charge in [-0.1, -0.05) is 12.7 Å². The van der Waals surface area contributed by atoms with Gasteiger partial charge in [-0.15, -0.1) is 0 Å². The van der Waals surface area contributed by atoms with Crippen LogP contribution >= 0.6 is 0 Å². The van der Waals surface area contributed by atoms with Crippen LogP contribution in [0.4, 0.5) is 0 Å². The second kappa shape index (κ2) is 5.24. The molecule has 0 saturated heterocycles. The van der Waals surface area contributed by atoms with Gasteiger partial charge < -0.3 is 15.0 Å². The molecule has 2 N–H and O–H groups in total. The Kier molecular flexibility index (Phi) is 3.94. The van der Waals surface area contributed by atoms with Gasteiger partial charge >= 0.3 is 0 Å². The van der Waals surface area contributed by atoms with E-state index in [9.17, 15) is 4.79 Å². The molecule has 0 aliphatic heterocycles. The summed E-state index contributed by atoms with van der Waals surface area (Å²) in [5.74, 6) is 0.334. The second-order valence-electron chi connectivity index (χ2n) is 2.76. The van der Waals surface area contributed by atoms with Crippen LogP contribution < -0.4 is 16.0 Å². The largest absolute Gasteiger partial charge is 0.484 e. The maximum atomic E-state index is 11.6. The minimum Gasteiger partial charge on any atom is -0.484 e. The van der Waals surface area contributed by atoms with Gasteiger partial charge in [0.05, 0.1) is 0 Å². The summed E-state index contributed by atoms with van der Waals surface area (Å²) in [5, 5.41) is 0. The quantitative estimate of drug-likeness (QED) is 0.689. The molecule has 0 atom stereocenters. The molecule has 0 fully saturated rings. The third-order valence-electron chi connectivity index (χ3n) is 1.71. The number of nitrogens with zero attached hydrogens (tertiary/aromatic N) is 1. The Bertz CT molecular complexity index is 357. The lowest BCUT2D eigenvalue weighted by atomic mass is 10.4. The van der Waals surface area contributed by atoms with Crippen molar-refractivity contribution < 1.29 is 4.74 Å². The molecule has 0 spiro atoms. The highest BCUT2D eigenvalue weighted by molar-refractivity contribution is 5.17. The summed E-state index contributed by atoms with van der Waals surface area (Å²) in [4.78, 5) is 11.6. The van der Waals surface area contributed by atoms with Gasteiger partial charge in [0.1, 0.15) is 6.61 Å². The summed E-state index contributed by atoms with van der Waals surface area (Å²) >= 11 is 0. The molecule has 0 radical (unpaired) electrons. The highest BCUT2D eigenvalue weighted by atomic mass is 16.5. The zero-order chi connectivity index (χ0) is 10.4. The van der Waals surface area contributed by atoms with Gasteiger partial charge in [0.15, 0.2) is 5.75 Å². The van der Waals surface area contributed by atoms with Gasteiger partial charge in [0.25, 0.3) is 5.56 Å². The molecule has 1 rings (SSSR count). The van der Waals surface area contributed by atoms with Gasteiger partial charge in [-0.25, -0.2) is 0 Å². The van der Waals surface area contributed by atoms with Crippen molar-refractivity contribution in [2.45, 2.75) is 6.54 Å². The van der Waals surface area contributed by atoms with E-state index in [2.05, 4.69) is 6.58 Å². The maximum Gasteiger partial charge on any atom is 0.292 e. The predicted molar refractivity (Wildman–Crippen MR) is 55.4 cm³/mol. The second-order valence-corrected chi connectivity index (χ2v) is 2.76. The van der Waals surface area contributed by atoms with E-state index in [4.69, 9.17) is 10.5 Å². The minimum atomic E-state index is -0.153. The first-order chi connectivity index (χ1) is 6.79. The van der Waals surface area contributed by atoms with E-state index < -0.39 is 0 Å². The van der Waals surface area contributed by atoms with Crippen molar-refractivity contribution in [1.29, 1.82) is 0 Å². The molecule has 0 aliphatic carbocycles. The lowest BCUT2D eigenvalue weighted by molar-refractivity contribution is 0.354. The van der Waals surface area contributed by atoms with Crippen LogP contribution in [0.5, 0.6) is 5.75 Å². The van der Waals surface area contributed by atoms with E-state index >= 15 is 0 Å². The van der Waals surface area contributed by atoms with Gasteiger partial charge in [0.2, 0.25) is 0 Å². The molecule has 4 heteroatoms. The fourth-order valence-electron chi connectivity index (χ4n) is 1.09. The van der Waals surface area contributed by atoms with E-state index in [0.717, 1.165) is 0 Å². The Labute approximate surface area is 82.6 Å². The molecule has 0 unspecified atom stereocenters. The van der Waals surface area contributed by atoms with Crippen LogP contribution in [0.1, 0.15) is 0 Å². The van der Waals surface area contributed by atoms with Crippen LogP contribution in [-0.2, 0) is 6.54 Å². The fourth-order valence-corrected chi connectivity index (χ4v) is 1.09. The van der Waals surface area contributed by atoms with Crippen molar-refractivity contribution in [3.8, 4) is 5.75 Å². The molecule has 0 bridgehead atoms. The van der Waals surface area contributed by atoms with Crippen molar-refractivity contribution >= 4 is 0 Å². The van der Waals surface area contributed by atoms with Gasteiger partial charge in [0, 0.05) is 19.3 Å². The minimum absolute atomic E-state index is 0.153. The normalized spacial score (nSPS) is 9.79. The maximum absolute atomic E-state index is 11.6. The predicted octanol–water partition coefficient (Wildman–Crippen LogP) is 0.372. The lowest BCUT2D eigenvalue weighted by Crippen LogP contribution is -2.24. The first kappa shape index (κ1) is 10.5. The molecule has 0 amide bonds. The van der Waals surface area contributed by atoms with Crippen molar-refractivity contribution in [1.82, 2.24) is 4.57 Å². The van der Waals surface area contributed by atoms with Crippen LogP contribution in [0.25, 0.3) is 0 Å². The first-order valence-electron chi connectivity index (χ1n) is 4.43. The Balaban J connectivity index is 2.89. The average molecular weight is 194 g/mol. The molecular weight excluding hydrogens is 180 g/mol. The molecule has 0 aromatic carbocycles. The van der Waals surface area contributed by atoms with Gasteiger partial charge in [-0.05, 0) is 12.1 Å². The Hall–Kier alpha value is -1.55. The van der Waals surface area contributed by atoms with E-state index in [1.807, 2.05) is 0 Å². The summed E-state index contributed by atoms with van der Waals surface area (Å²) in [6.07, 6.45) is 3.29. The van der Waals surface area contributed by atoms with Crippen LogP contribution in [-0.4, -0.2) is 17.7 Å². The molecule has 1 heterocycles. The van der Waals surface area contributed by atoms with Gasteiger partial charge in [-0.3, -0.25) is 4.79 Å². The Morgan fingerprint density at radius 2 is 2.43 bits per heavy atom. The highest BCUT2D eigenvalue weighted by Gasteiger charge is 2.01. The number of ether oxygens (including phenoxy) is 1. The number of hydrogen-bond donors (Lipinski definition) is 1. The van der Waals surface area contributed by atoms with Crippen molar-refractivity contribution in [3.05, 3.63) is 41.3 Å². The molecule has 4 nitrogen and oxygen atoms in total. The molecule has 14 heavy (non-hydrogen) atoms. The standard InChI is InChI=1S/C10H14N2O2/c1-2-8-14-9-4-3-6-12(7-5-11)10(9)13/h2-4,6H,1,5,7-8,11H2. The number of pyridine rings is 1. The van der Waals surface area contributed by atoms with Crippen LogP contribution in [0.3, 0.4) is 0 Å². The molecule has 0 aliphatic rings. The monoisotopic (exact) mass is 194 g/mol. The zero-order valence-corrected chi connectivity index (χ0v) is 7.98. The van der Waals surface area contributed by atoms with E-state index in [0.29, 0.717) is 25.4 Å². The Morgan fingerprint density at radius 1 is 1.64 bits per heavy atom. The fraction of sp³-hybridized carbons (Fsp3) is 0.300. The van der Waals surface area contributed by atoms with Crippen molar-refractivity contribution in [3.63, 3.8) is 0 Å². The number of aromatic nitrogens is 1. The third kappa shape index (κ3) is 2.47. The topological polar surface area (TPSA) is 57.2 Å². The van der Waals surface area contributed by atoms with Crippen LogP contribution in [0.15, 0.2) is 35.8 Å². The van der Waals surface area contributed by atoms with Crippen molar-refractivity contribution in [2.75, 3.05) is 13.2 Å². The van der Waals surface area contributed by atoms with E-state index in [-0.39, 0.29) is 5.56 Å². The van der Waals surface area contributed by atoms with E-state index in [1.54, 1.807) is 24.4 Å². The zero-order valence-electron chi connectivity index (χ0n) is 7.98. The van der Waals surface area contributed by atoms with Crippen molar-refractivity contribution in [2.24, 2.45) is 5.73 Å². The molecule has 1 aromatic heterocycles. The lowest BCUT2D eigenvalue weighted by Gasteiger charge is -2.06. The Morgan fingerprint density at radius 3 is 3.07 bits per heavy atom. The van der Waals surface area contributed by atoms with Gasteiger partial charge in [-0.2, -0.15) is 0 Å². The third-order valence-corrected chi connectivity index (χ3v) is 1.71. The molecule has 1 aromatic rings. The number of hydrogen-bond acceptors (Lipinski definition) is 3. The first-order valence-corrected chi connectivity index (χ1v) is 4.43. The van der Waals surface area contributed by atoms with Crippen LogP contribution in [0.2, 0.25) is 0 Å². The molecular formula is C10H14N2O2.